The fourth-order valence-electron chi connectivity index (χ4n) is 3.27. The van der Waals surface area contributed by atoms with Gasteiger partial charge in [0.05, 0.1) is 10.5 Å². The molecule has 3 aromatic rings. The standard InChI is InChI=1S/C20H17N5O4/c1-13-17(19(26)29-11-14-6-3-2-4-7-14)18(24-20(23-13)21-12-22-24)15-8-5-9-16(10-15)25(27)28/h2-10,12,18H,11H2,1H3,(H,21,22,23)/t18-/m0/s1. The first-order valence-electron chi connectivity index (χ1n) is 8.87. The topological polar surface area (TPSA) is 112 Å². The number of nitro groups is 1. The number of benzene rings is 2. The molecule has 0 spiro atoms. The van der Waals surface area contributed by atoms with Gasteiger partial charge in [0, 0.05) is 17.8 Å². The lowest BCUT2D eigenvalue weighted by atomic mass is 9.95. The minimum absolute atomic E-state index is 0.0719. The Balaban J connectivity index is 1.71. The summed E-state index contributed by atoms with van der Waals surface area (Å²) < 4.78 is 7.05. The van der Waals surface area contributed by atoms with Crippen molar-refractivity contribution in [2.75, 3.05) is 5.32 Å². The highest BCUT2D eigenvalue weighted by Crippen LogP contribution is 2.36. The van der Waals surface area contributed by atoms with Gasteiger partial charge in [-0.1, -0.05) is 42.5 Å². The molecule has 0 radical (unpaired) electrons. The van der Waals surface area contributed by atoms with Crippen LogP contribution in [0.15, 0.2) is 72.2 Å². The zero-order valence-corrected chi connectivity index (χ0v) is 15.5. The Morgan fingerprint density at radius 2 is 2.03 bits per heavy atom. The first-order chi connectivity index (χ1) is 14.0. The number of nitrogens with zero attached hydrogens (tertiary/aromatic N) is 4. The fraction of sp³-hybridized carbons (Fsp3) is 0.150. The molecule has 9 nitrogen and oxygen atoms in total. The quantitative estimate of drug-likeness (QED) is 0.404. The minimum Gasteiger partial charge on any atom is -0.457 e. The van der Waals surface area contributed by atoms with Crippen LogP contribution in [0.1, 0.15) is 24.1 Å². The summed E-state index contributed by atoms with van der Waals surface area (Å²) in [5, 5.41) is 18.5. The predicted molar refractivity (Wildman–Crippen MR) is 104 cm³/mol. The Morgan fingerprint density at radius 3 is 2.79 bits per heavy atom. The van der Waals surface area contributed by atoms with E-state index in [0.29, 0.717) is 22.8 Å². The summed E-state index contributed by atoms with van der Waals surface area (Å²) in [6, 6.07) is 14.8. The van der Waals surface area contributed by atoms with Crippen molar-refractivity contribution in [3.8, 4) is 0 Å². The van der Waals surface area contributed by atoms with Crippen LogP contribution >= 0.6 is 0 Å². The number of anilines is 1. The van der Waals surface area contributed by atoms with Gasteiger partial charge in [0.15, 0.2) is 0 Å². The fourth-order valence-corrected chi connectivity index (χ4v) is 3.27. The number of fused-ring (bicyclic) bond motifs is 1. The Hall–Kier alpha value is -4.01. The molecule has 0 saturated carbocycles. The second-order valence-electron chi connectivity index (χ2n) is 6.51. The summed E-state index contributed by atoms with van der Waals surface area (Å²) in [6.45, 7) is 1.85. The lowest BCUT2D eigenvalue weighted by Crippen LogP contribution is -2.29. The molecule has 9 heteroatoms. The summed E-state index contributed by atoms with van der Waals surface area (Å²) in [6.07, 6.45) is 1.36. The molecular weight excluding hydrogens is 374 g/mol. The van der Waals surface area contributed by atoms with Crippen molar-refractivity contribution in [3.05, 3.63) is 93.4 Å². The van der Waals surface area contributed by atoms with E-state index in [2.05, 4.69) is 15.4 Å². The number of allylic oxidation sites excluding steroid dienone is 1. The third kappa shape index (κ3) is 3.57. The average Bonchev–Trinajstić information content (AvgIpc) is 3.19. The SMILES string of the molecule is CC1=C(C(=O)OCc2ccccc2)[C@H](c2cccc([N+](=O)[O-])c2)n2ncnc2N1. The molecular formula is C20H17N5O4. The predicted octanol–water partition coefficient (Wildman–Crippen LogP) is 3.22. The first-order valence-corrected chi connectivity index (χ1v) is 8.87. The lowest BCUT2D eigenvalue weighted by molar-refractivity contribution is -0.384. The van der Waals surface area contributed by atoms with Crippen molar-refractivity contribution in [2.45, 2.75) is 19.6 Å². The van der Waals surface area contributed by atoms with Crippen molar-refractivity contribution in [3.63, 3.8) is 0 Å². The van der Waals surface area contributed by atoms with Crippen molar-refractivity contribution >= 4 is 17.6 Å². The van der Waals surface area contributed by atoms with Gasteiger partial charge in [-0.25, -0.2) is 9.48 Å². The van der Waals surface area contributed by atoms with Crippen LogP contribution in [-0.2, 0) is 16.1 Å². The number of nitrogens with one attached hydrogen (secondary N) is 1. The molecule has 0 fully saturated rings. The minimum atomic E-state index is -0.697. The molecule has 2 aromatic carbocycles. The molecule has 0 aliphatic carbocycles. The highest BCUT2D eigenvalue weighted by molar-refractivity contribution is 5.92. The lowest BCUT2D eigenvalue weighted by Gasteiger charge is -2.28. The van der Waals surface area contributed by atoms with Gasteiger partial charge in [0.1, 0.15) is 19.0 Å². The summed E-state index contributed by atoms with van der Waals surface area (Å²) in [5.74, 6) is -0.0878. The number of nitro benzene ring substituents is 1. The van der Waals surface area contributed by atoms with Gasteiger partial charge < -0.3 is 10.1 Å². The largest absolute Gasteiger partial charge is 0.457 e. The summed E-state index contributed by atoms with van der Waals surface area (Å²) in [5.41, 5.74) is 2.20. The van der Waals surface area contributed by atoms with Crippen LogP contribution in [-0.4, -0.2) is 25.7 Å². The molecule has 2 heterocycles. The third-order valence-electron chi connectivity index (χ3n) is 4.62. The third-order valence-corrected chi connectivity index (χ3v) is 4.62. The van der Waals surface area contributed by atoms with Crippen molar-refractivity contribution < 1.29 is 14.5 Å². The number of hydrogen-bond donors (Lipinski definition) is 1. The zero-order chi connectivity index (χ0) is 20.4. The van der Waals surface area contributed by atoms with E-state index in [0.717, 1.165) is 5.56 Å². The average molecular weight is 391 g/mol. The van der Waals surface area contributed by atoms with Crippen molar-refractivity contribution in [1.29, 1.82) is 0 Å². The van der Waals surface area contributed by atoms with Gasteiger partial charge >= 0.3 is 5.97 Å². The number of carbonyl (C=O) groups is 1. The number of non-ortho nitro benzene ring substituents is 1. The number of ether oxygens (including phenoxy) is 1. The van der Waals surface area contributed by atoms with Gasteiger partial charge in [0.2, 0.25) is 5.95 Å². The Bertz CT molecular complexity index is 1110. The van der Waals surface area contributed by atoms with Crippen LogP contribution in [0, 0.1) is 10.1 Å². The maximum absolute atomic E-state index is 13.0. The Labute approximate surface area is 165 Å². The maximum atomic E-state index is 13.0. The molecule has 0 bridgehead atoms. The van der Waals surface area contributed by atoms with Gasteiger partial charge in [-0.05, 0) is 18.1 Å². The molecule has 0 saturated heterocycles. The van der Waals surface area contributed by atoms with Gasteiger partial charge in [-0.2, -0.15) is 10.1 Å². The number of hydrogen-bond acceptors (Lipinski definition) is 7. The molecule has 0 unspecified atom stereocenters. The summed E-state index contributed by atoms with van der Waals surface area (Å²) in [4.78, 5) is 27.9. The molecule has 1 N–H and O–H groups in total. The van der Waals surface area contributed by atoms with E-state index >= 15 is 0 Å². The smallest absolute Gasteiger partial charge is 0.338 e. The van der Waals surface area contributed by atoms with E-state index in [1.165, 1.54) is 23.1 Å². The van der Waals surface area contributed by atoms with E-state index in [4.69, 9.17) is 4.74 Å². The number of rotatable bonds is 5. The molecule has 1 atom stereocenters. The van der Waals surface area contributed by atoms with E-state index in [-0.39, 0.29) is 12.3 Å². The van der Waals surface area contributed by atoms with E-state index in [1.807, 2.05) is 30.3 Å². The van der Waals surface area contributed by atoms with Gasteiger partial charge in [0.25, 0.3) is 5.69 Å². The van der Waals surface area contributed by atoms with E-state index in [1.54, 1.807) is 19.1 Å². The van der Waals surface area contributed by atoms with Gasteiger partial charge in [-0.3, -0.25) is 10.1 Å². The zero-order valence-electron chi connectivity index (χ0n) is 15.5. The van der Waals surface area contributed by atoms with Gasteiger partial charge in [-0.15, -0.1) is 0 Å². The van der Waals surface area contributed by atoms with Crippen LogP contribution in [0.5, 0.6) is 0 Å². The number of aromatic nitrogens is 3. The molecule has 1 aliphatic heterocycles. The Morgan fingerprint density at radius 1 is 1.24 bits per heavy atom. The molecule has 1 aliphatic rings. The number of esters is 1. The monoisotopic (exact) mass is 391 g/mol. The molecule has 4 rings (SSSR count). The molecule has 1 aromatic heterocycles. The first kappa shape index (κ1) is 18.4. The second kappa shape index (κ2) is 7.55. The molecule has 0 amide bonds. The van der Waals surface area contributed by atoms with Crippen LogP contribution in [0.25, 0.3) is 0 Å². The Kier molecular flexibility index (Phi) is 4.78. The van der Waals surface area contributed by atoms with E-state index in [9.17, 15) is 14.9 Å². The molecule has 29 heavy (non-hydrogen) atoms. The van der Waals surface area contributed by atoms with Crippen molar-refractivity contribution in [1.82, 2.24) is 14.8 Å². The maximum Gasteiger partial charge on any atom is 0.338 e. The summed E-state index contributed by atoms with van der Waals surface area (Å²) in [7, 11) is 0. The van der Waals surface area contributed by atoms with Crippen LogP contribution < -0.4 is 5.32 Å². The van der Waals surface area contributed by atoms with Crippen LogP contribution in [0.3, 0.4) is 0 Å². The highest BCUT2D eigenvalue weighted by atomic mass is 16.6. The van der Waals surface area contributed by atoms with Crippen LogP contribution in [0.4, 0.5) is 11.6 Å². The second-order valence-corrected chi connectivity index (χ2v) is 6.51. The summed E-state index contributed by atoms with van der Waals surface area (Å²) >= 11 is 0. The molecule has 146 valence electrons. The van der Waals surface area contributed by atoms with Crippen molar-refractivity contribution in [2.24, 2.45) is 0 Å². The van der Waals surface area contributed by atoms with E-state index < -0.39 is 16.9 Å². The normalized spacial score (nSPS) is 15.4. The number of carbonyl (C=O) groups excluding carboxylic acids is 1. The van der Waals surface area contributed by atoms with Crippen LogP contribution in [0.2, 0.25) is 0 Å². The highest BCUT2D eigenvalue weighted by Gasteiger charge is 2.35.